The van der Waals surface area contributed by atoms with Gasteiger partial charge in [-0.2, -0.15) is 0 Å². The Morgan fingerprint density at radius 2 is 1.58 bits per heavy atom. The number of para-hydroxylation sites is 1. The molecular formula is C21H16N2O3. The van der Waals surface area contributed by atoms with Crippen LogP contribution < -0.4 is 15.2 Å². The molecule has 1 aliphatic heterocycles. The predicted octanol–water partition coefficient (Wildman–Crippen LogP) is 3.31. The number of ether oxygens (including phenoxy) is 1. The molecule has 1 aliphatic rings. The van der Waals surface area contributed by atoms with E-state index in [0.29, 0.717) is 5.69 Å². The molecule has 3 aromatic rings. The normalized spacial score (nSPS) is 15.6. The summed E-state index contributed by atoms with van der Waals surface area (Å²) in [6, 6.07) is 20.4. The average molecular weight is 344 g/mol. The fourth-order valence-corrected chi connectivity index (χ4v) is 3.07. The Morgan fingerprint density at radius 1 is 0.885 bits per heavy atom. The first-order chi connectivity index (χ1) is 12.7. The number of hydrogen-bond acceptors (Lipinski definition) is 3. The minimum absolute atomic E-state index is 0.101. The molecule has 1 saturated heterocycles. The summed E-state index contributed by atoms with van der Waals surface area (Å²) in [5.74, 6) is -0.0456. The molecule has 1 heterocycles. The van der Waals surface area contributed by atoms with Crippen LogP contribution in [-0.4, -0.2) is 18.9 Å². The van der Waals surface area contributed by atoms with E-state index in [9.17, 15) is 9.59 Å². The van der Waals surface area contributed by atoms with Crippen molar-refractivity contribution in [1.29, 1.82) is 0 Å². The van der Waals surface area contributed by atoms with E-state index in [1.54, 1.807) is 25.3 Å². The van der Waals surface area contributed by atoms with E-state index in [-0.39, 0.29) is 11.5 Å². The van der Waals surface area contributed by atoms with Crippen molar-refractivity contribution in [2.24, 2.45) is 0 Å². The molecule has 0 spiro atoms. The molecule has 0 radical (unpaired) electrons. The highest BCUT2D eigenvalue weighted by atomic mass is 16.5. The molecule has 3 aromatic carbocycles. The second-order valence-electron chi connectivity index (χ2n) is 5.88. The Bertz CT molecular complexity index is 1040. The number of fused-ring (bicyclic) bond motifs is 1. The number of nitrogens with zero attached hydrogens (tertiary/aromatic N) is 1. The van der Waals surface area contributed by atoms with Gasteiger partial charge in [-0.3, -0.25) is 15.0 Å². The van der Waals surface area contributed by atoms with Gasteiger partial charge in [0.1, 0.15) is 11.3 Å². The number of anilines is 1. The third-order valence-electron chi connectivity index (χ3n) is 4.34. The third kappa shape index (κ3) is 2.59. The molecule has 0 aliphatic carbocycles. The summed E-state index contributed by atoms with van der Waals surface area (Å²) in [6.45, 7) is 0. The van der Waals surface area contributed by atoms with Crippen molar-refractivity contribution in [3.63, 3.8) is 0 Å². The number of carbonyl (C=O) groups excluding carboxylic acids is 2. The summed E-state index contributed by atoms with van der Waals surface area (Å²) in [6.07, 6.45) is 1.63. The van der Waals surface area contributed by atoms with Crippen molar-refractivity contribution in [3.8, 4) is 5.75 Å². The number of benzene rings is 3. The van der Waals surface area contributed by atoms with E-state index in [2.05, 4.69) is 5.43 Å². The maximum Gasteiger partial charge on any atom is 0.282 e. The van der Waals surface area contributed by atoms with Gasteiger partial charge in [0, 0.05) is 5.39 Å². The van der Waals surface area contributed by atoms with E-state index in [0.717, 1.165) is 22.1 Å². The minimum Gasteiger partial charge on any atom is -0.496 e. The van der Waals surface area contributed by atoms with Crippen LogP contribution in [0.2, 0.25) is 0 Å². The third-order valence-corrected chi connectivity index (χ3v) is 4.34. The van der Waals surface area contributed by atoms with Gasteiger partial charge in [-0.1, -0.05) is 48.5 Å². The number of hydrazine groups is 1. The molecule has 1 N–H and O–H groups in total. The van der Waals surface area contributed by atoms with Gasteiger partial charge in [0.05, 0.1) is 12.8 Å². The van der Waals surface area contributed by atoms with Crippen molar-refractivity contribution in [2.45, 2.75) is 0 Å². The monoisotopic (exact) mass is 344 g/mol. The van der Waals surface area contributed by atoms with Gasteiger partial charge in [0.25, 0.3) is 11.8 Å². The van der Waals surface area contributed by atoms with Crippen LogP contribution in [0.15, 0.2) is 72.3 Å². The largest absolute Gasteiger partial charge is 0.496 e. The highest BCUT2D eigenvalue weighted by Gasteiger charge is 2.34. The van der Waals surface area contributed by atoms with Crippen LogP contribution in [0.4, 0.5) is 5.69 Å². The summed E-state index contributed by atoms with van der Waals surface area (Å²) >= 11 is 0. The zero-order chi connectivity index (χ0) is 18.1. The Morgan fingerprint density at radius 3 is 2.31 bits per heavy atom. The van der Waals surface area contributed by atoms with Crippen LogP contribution in [0.5, 0.6) is 5.75 Å². The molecule has 0 bridgehead atoms. The number of methoxy groups -OCH3 is 1. The lowest BCUT2D eigenvalue weighted by molar-refractivity contribution is -0.117. The quantitative estimate of drug-likeness (QED) is 0.586. The fraction of sp³-hybridized carbons (Fsp3) is 0.0476. The molecule has 0 aromatic heterocycles. The lowest BCUT2D eigenvalue weighted by Crippen LogP contribution is -2.35. The first kappa shape index (κ1) is 15.9. The number of nitrogens with one attached hydrogen (secondary N) is 1. The lowest BCUT2D eigenvalue weighted by atomic mass is 10.0. The van der Waals surface area contributed by atoms with E-state index >= 15 is 0 Å². The zero-order valence-electron chi connectivity index (χ0n) is 14.1. The summed E-state index contributed by atoms with van der Waals surface area (Å²) in [7, 11) is 1.62. The molecular weight excluding hydrogens is 328 g/mol. The second kappa shape index (κ2) is 6.37. The van der Waals surface area contributed by atoms with Crippen molar-refractivity contribution in [1.82, 2.24) is 5.43 Å². The molecule has 26 heavy (non-hydrogen) atoms. The fourth-order valence-electron chi connectivity index (χ4n) is 3.07. The van der Waals surface area contributed by atoms with Crippen LogP contribution >= 0.6 is 0 Å². The van der Waals surface area contributed by atoms with Gasteiger partial charge in [0.15, 0.2) is 0 Å². The van der Waals surface area contributed by atoms with Crippen LogP contribution in [-0.2, 0) is 9.59 Å². The topological polar surface area (TPSA) is 58.6 Å². The Kier molecular flexibility index (Phi) is 3.89. The molecule has 0 atom stereocenters. The Hall–Kier alpha value is -3.60. The van der Waals surface area contributed by atoms with Gasteiger partial charge in [-0.25, -0.2) is 5.01 Å². The summed E-state index contributed by atoms with van der Waals surface area (Å²) in [5.41, 5.74) is 4.12. The van der Waals surface area contributed by atoms with Crippen molar-refractivity contribution >= 4 is 34.4 Å². The summed E-state index contributed by atoms with van der Waals surface area (Å²) in [4.78, 5) is 25.1. The predicted molar refractivity (Wildman–Crippen MR) is 101 cm³/mol. The molecule has 0 saturated carbocycles. The molecule has 128 valence electrons. The smallest absolute Gasteiger partial charge is 0.282 e. The number of hydrogen-bond donors (Lipinski definition) is 1. The molecule has 5 nitrogen and oxygen atoms in total. The summed E-state index contributed by atoms with van der Waals surface area (Å²) in [5, 5.41) is 3.10. The Balaban J connectivity index is 1.79. The number of rotatable bonds is 3. The van der Waals surface area contributed by atoms with Gasteiger partial charge >= 0.3 is 0 Å². The van der Waals surface area contributed by atoms with Gasteiger partial charge < -0.3 is 4.74 Å². The second-order valence-corrected chi connectivity index (χ2v) is 5.88. The maximum absolute atomic E-state index is 12.7. The first-order valence-electron chi connectivity index (χ1n) is 8.17. The molecule has 0 unspecified atom stereocenters. The SMILES string of the molecule is COc1ccc(/C=C2/C(=O)NN(c3ccccc3)C2=O)c2ccccc12. The van der Waals surface area contributed by atoms with Gasteiger partial charge in [0.2, 0.25) is 0 Å². The van der Waals surface area contributed by atoms with Crippen molar-refractivity contribution in [3.05, 3.63) is 77.9 Å². The lowest BCUT2D eigenvalue weighted by Gasteiger charge is -2.13. The van der Waals surface area contributed by atoms with Crippen LogP contribution in [0.25, 0.3) is 16.8 Å². The average Bonchev–Trinajstić information content (AvgIpc) is 2.97. The standard InChI is InChI=1S/C21H16N2O3/c1-26-19-12-11-14(16-9-5-6-10-17(16)19)13-18-20(24)22-23(21(18)25)15-7-3-2-4-8-15/h2-13H,1H3,(H,22,24)/b18-13-. The molecule has 5 heteroatoms. The number of amides is 2. The van der Waals surface area contributed by atoms with Gasteiger partial charge in [-0.15, -0.1) is 0 Å². The molecule has 1 fully saturated rings. The van der Waals surface area contributed by atoms with Crippen molar-refractivity contribution < 1.29 is 14.3 Å². The highest BCUT2D eigenvalue weighted by Crippen LogP contribution is 2.30. The summed E-state index contributed by atoms with van der Waals surface area (Å²) < 4.78 is 5.39. The van der Waals surface area contributed by atoms with E-state index < -0.39 is 5.91 Å². The highest BCUT2D eigenvalue weighted by molar-refractivity contribution is 6.32. The van der Waals surface area contributed by atoms with Crippen LogP contribution in [0.3, 0.4) is 0 Å². The van der Waals surface area contributed by atoms with E-state index in [1.165, 1.54) is 5.01 Å². The zero-order valence-corrected chi connectivity index (χ0v) is 14.1. The van der Waals surface area contributed by atoms with Crippen molar-refractivity contribution in [2.75, 3.05) is 12.1 Å². The Labute approximate surface area is 150 Å². The number of carbonyl (C=O) groups is 2. The van der Waals surface area contributed by atoms with Crippen LogP contribution in [0, 0.1) is 0 Å². The van der Waals surface area contributed by atoms with Crippen LogP contribution in [0.1, 0.15) is 5.56 Å². The molecule has 4 rings (SSSR count). The van der Waals surface area contributed by atoms with Gasteiger partial charge in [-0.05, 0) is 35.2 Å². The van der Waals surface area contributed by atoms with E-state index in [1.807, 2.05) is 54.6 Å². The van der Waals surface area contributed by atoms with E-state index in [4.69, 9.17) is 4.74 Å². The minimum atomic E-state index is -0.418. The molecule has 2 amide bonds. The first-order valence-corrected chi connectivity index (χ1v) is 8.17. The maximum atomic E-state index is 12.7.